The van der Waals surface area contributed by atoms with E-state index in [-0.39, 0.29) is 6.09 Å². The predicted octanol–water partition coefficient (Wildman–Crippen LogP) is 2.49. The Balaban J connectivity index is 1.76. The molecule has 1 saturated heterocycles. The summed E-state index contributed by atoms with van der Waals surface area (Å²) in [5, 5.41) is 3.81. The van der Waals surface area contributed by atoms with Gasteiger partial charge in [0.05, 0.1) is 0 Å². The molecule has 0 aromatic carbocycles. The number of nitrogens with two attached hydrogens (primary N) is 1. The van der Waals surface area contributed by atoms with Crippen molar-refractivity contribution in [1.29, 1.82) is 0 Å². The first-order valence-corrected chi connectivity index (χ1v) is 8.83. The van der Waals surface area contributed by atoms with Crippen LogP contribution in [-0.4, -0.2) is 48.3 Å². The van der Waals surface area contributed by atoms with Gasteiger partial charge in [-0.15, -0.1) is 0 Å². The molecule has 5 nitrogen and oxygen atoms in total. The summed E-state index contributed by atoms with van der Waals surface area (Å²) in [6.07, 6.45) is 6.96. The van der Waals surface area contributed by atoms with Crippen molar-refractivity contribution in [2.45, 2.75) is 77.0 Å². The van der Waals surface area contributed by atoms with E-state index < -0.39 is 5.60 Å². The second kappa shape index (κ2) is 7.64. The fraction of sp³-hybridized carbons (Fsp3) is 0.941. The molecule has 0 aromatic rings. The highest BCUT2D eigenvalue weighted by atomic mass is 16.6. The Labute approximate surface area is 134 Å². The van der Waals surface area contributed by atoms with E-state index in [0.29, 0.717) is 18.0 Å². The Morgan fingerprint density at radius 1 is 1.18 bits per heavy atom. The molecule has 22 heavy (non-hydrogen) atoms. The lowest BCUT2D eigenvalue weighted by Gasteiger charge is -2.38. The Kier molecular flexibility index (Phi) is 6.09. The van der Waals surface area contributed by atoms with Gasteiger partial charge in [-0.1, -0.05) is 12.8 Å². The SMILES string of the molecule is CC(C)(C)OC(=O)N1CCC(NC2CCCC[C@@H]2CN)CC1. The van der Waals surface area contributed by atoms with E-state index >= 15 is 0 Å². The monoisotopic (exact) mass is 311 g/mol. The molecule has 3 N–H and O–H groups in total. The molecule has 1 saturated carbocycles. The van der Waals surface area contributed by atoms with Crippen molar-refractivity contribution in [3.05, 3.63) is 0 Å². The van der Waals surface area contributed by atoms with E-state index in [0.717, 1.165) is 32.5 Å². The van der Waals surface area contributed by atoms with E-state index in [1.54, 1.807) is 0 Å². The van der Waals surface area contributed by atoms with Crippen molar-refractivity contribution < 1.29 is 9.53 Å². The molecule has 0 aromatic heterocycles. The van der Waals surface area contributed by atoms with E-state index in [1.165, 1.54) is 25.7 Å². The highest BCUT2D eigenvalue weighted by Crippen LogP contribution is 2.25. The fourth-order valence-electron chi connectivity index (χ4n) is 3.57. The quantitative estimate of drug-likeness (QED) is 0.840. The van der Waals surface area contributed by atoms with Crippen LogP contribution in [0.1, 0.15) is 59.3 Å². The van der Waals surface area contributed by atoms with Crippen LogP contribution in [0.25, 0.3) is 0 Å². The number of carbonyl (C=O) groups excluding carboxylic acids is 1. The van der Waals surface area contributed by atoms with Crippen LogP contribution in [0.2, 0.25) is 0 Å². The molecule has 2 fully saturated rings. The lowest BCUT2D eigenvalue weighted by molar-refractivity contribution is 0.0192. The van der Waals surface area contributed by atoms with Crippen LogP contribution < -0.4 is 11.1 Å². The number of likely N-dealkylation sites (tertiary alicyclic amines) is 1. The summed E-state index contributed by atoms with van der Waals surface area (Å²) in [6, 6.07) is 1.08. The summed E-state index contributed by atoms with van der Waals surface area (Å²) in [7, 11) is 0. The zero-order valence-electron chi connectivity index (χ0n) is 14.4. The average Bonchev–Trinajstić information content (AvgIpc) is 2.47. The Hall–Kier alpha value is -0.810. The Morgan fingerprint density at radius 3 is 2.41 bits per heavy atom. The lowest BCUT2D eigenvalue weighted by Crippen LogP contribution is -2.51. The third-order valence-corrected chi connectivity index (χ3v) is 4.81. The number of carbonyl (C=O) groups is 1. The largest absolute Gasteiger partial charge is 0.444 e. The van der Waals surface area contributed by atoms with Crippen LogP contribution >= 0.6 is 0 Å². The first-order valence-electron chi connectivity index (χ1n) is 8.83. The van der Waals surface area contributed by atoms with Crippen molar-refractivity contribution in [3.63, 3.8) is 0 Å². The average molecular weight is 311 g/mol. The number of nitrogens with one attached hydrogen (secondary N) is 1. The van der Waals surface area contributed by atoms with Crippen LogP contribution in [-0.2, 0) is 4.74 Å². The summed E-state index contributed by atoms with van der Waals surface area (Å²) in [6.45, 7) is 8.09. The van der Waals surface area contributed by atoms with Gasteiger partial charge in [0.15, 0.2) is 0 Å². The van der Waals surface area contributed by atoms with Gasteiger partial charge in [0, 0.05) is 25.2 Å². The molecule has 1 heterocycles. The van der Waals surface area contributed by atoms with Crippen molar-refractivity contribution in [2.24, 2.45) is 11.7 Å². The van der Waals surface area contributed by atoms with Crippen LogP contribution in [0.5, 0.6) is 0 Å². The maximum Gasteiger partial charge on any atom is 0.410 e. The summed E-state index contributed by atoms with van der Waals surface area (Å²) < 4.78 is 5.45. The third-order valence-electron chi connectivity index (χ3n) is 4.81. The van der Waals surface area contributed by atoms with Gasteiger partial charge < -0.3 is 20.7 Å². The maximum absolute atomic E-state index is 12.1. The normalized spacial score (nSPS) is 27.7. The minimum absolute atomic E-state index is 0.177. The number of hydrogen-bond acceptors (Lipinski definition) is 4. The highest BCUT2D eigenvalue weighted by molar-refractivity contribution is 5.68. The van der Waals surface area contributed by atoms with Crippen molar-refractivity contribution in [3.8, 4) is 0 Å². The standard InChI is InChI=1S/C17H33N3O2/c1-17(2,3)22-16(21)20-10-8-14(9-11-20)19-15-7-5-4-6-13(15)12-18/h13-15,19H,4-12,18H2,1-3H3/t13-,15?/m1/s1. The summed E-state index contributed by atoms with van der Waals surface area (Å²) in [5.41, 5.74) is 5.50. The zero-order chi connectivity index (χ0) is 16.2. The number of nitrogens with zero attached hydrogens (tertiary/aromatic N) is 1. The third kappa shape index (κ3) is 5.13. The molecule has 1 aliphatic heterocycles. The Morgan fingerprint density at radius 2 is 1.82 bits per heavy atom. The van der Waals surface area contributed by atoms with Gasteiger partial charge in [0.25, 0.3) is 0 Å². The molecule has 2 rings (SSSR count). The predicted molar refractivity (Wildman–Crippen MR) is 88.8 cm³/mol. The number of rotatable bonds is 3. The van der Waals surface area contributed by atoms with Crippen LogP contribution in [0, 0.1) is 5.92 Å². The first-order chi connectivity index (χ1) is 10.4. The second-order valence-corrected chi connectivity index (χ2v) is 7.80. The lowest BCUT2D eigenvalue weighted by atomic mass is 9.83. The number of amides is 1. The molecular weight excluding hydrogens is 278 g/mol. The van der Waals surface area contributed by atoms with E-state index in [1.807, 2.05) is 25.7 Å². The van der Waals surface area contributed by atoms with Crippen LogP contribution in [0.15, 0.2) is 0 Å². The molecule has 1 amide bonds. The Bertz CT molecular complexity index is 359. The highest BCUT2D eigenvalue weighted by Gasteiger charge is 2.30. The summed E-state index contributed by atoms with van der Waals surface area (Å²) >= 11 is 0. The van der Waals surface area contributed by atoms with Gasteiger partial charge in [-0.3, -0.25) is 0 Å². The maximum atomic E-state index is 12.1. The van der Waals surface area contributed by atoms with Crippen LogP contribution in [0.3, 0.4) is 0 Å². The minimum atomic E-state index is -0.414. The van der Waals surface area contributed by atoms with Gasteiger partial charge in [-0.25, -0.2) is 4.79 Å². The number of piperidine rings is 1. The van der Waals surface area contributed by atoms with Crippen molar-refractivity contribution >= 4 is 6.09 Å². The van der Waals surface area contributed by atoms with Gasteiger partial charge in [0.1, 0.15) is 5.60 Å². The topological polar surface area (TPSA) is 67.6 Å². The van der Waals surface area contributed by atoms with Crippen LogP contribution in [0.4, 0.5) is 4.79 Å². The molecule has 1 unspecified atom stereocenters. The van der Waals surface area contributed by atoms with Gasteiger partial charge in [-0.05, 0) is 58.9 Å². The van der Waals surface area contributed by atoms with Crippen molar-refractivity contribution in [2.75, 3.05) is 19.6 Å². The molecule has 0 radical (unpaired) electrons. The molecule has 1 aliphatic carbocycles. The minimum Gasteiger partial charge on any atom is -0.444 e. The van der Waals surface area contributed by atoms with Gasteiger partial charge >= 0.3 is 6.09 Å². The number of hydrogen-bond donors (Lipinski definition) is 2. The smallest absolute Gasteiger partial charge is 0.410 e. The zero-order valence-corrected chi connectivity index (χ0v) is 14.4. The van der Waals surface area contributed by atoms with E-state index in [4.69, 9.17) is 10.5 Å². The molecule has 0 bridgehead atoms. The molecule has 2 aliphatic rings. The van der Waals surface area contributed by atoms with Gasteiger partial charge in [-0.2, -0.15) is 0 Å². The first kappa shape index (κ1) is 17.5. The molecule has 0 spiro atoms. The fourth-order valence-corrected chi connectivity index (χ4v) is 3.57. The van der Waals surface area contributed by atoms with Crippen molar-refractivity contribution in [1.82, 2.24) is 10.2 Å². The number of ether oxygens (including phenoxy) is 1. The molecule has 2 atom stereocenters. The second-order valence-electron chi connectivity index (χ2n) is 7.80. The van der Waals surface area contributed by atoms with E-state index in [2.05, 4.69) is 5.32 Å². The summed E-state index contributed by atoms with van der Waals surface area (Å²) in [4.78, 5) is 13.9. The summed E-state index contributed by atoms with van der Waals surface area (Å²) in [5.74, 6) is 0.623. The molecule has 128 valence electrons. The van der Waals surface area contributed by atoms with Gasteiger partial charge in [0.2, 0.25) is 0 Å². The van der Waals surface area contributed by atoms with E-state index in [9.17, 15) is 4.79 Å². The molecular formula is C17H33N3O2. The molecule has 5 heteroatoms.